The van der Waals surface area contributed by atoms with Crippen molar-refractivity contribution >= 4 is 44.0 Å². The molecule has 124 valence electrons. The summed E-state index contributed by atoms with van der Waals surface area (Å²) in [6.07, 6.45) is 0. The molecule has 0 aliphatic carbocycles. The number of nitrogens with zero attached hydrogens (tertiary/aromatic N) is 1. The van der Waals surface area contributed by atoms with E-state index in [4.69, 9.17) is 4.74 Å². The number of aromatic hydroxyl groups is 1. The van der Waals surface area contributed by atoms with Crippen molar-refractivity contribution in [3.63, 3.8) is 0 Å². The van der Waals surface area contributed by atoms with Gasteiger partial charge in [0.15, 0.2) is 5.06 Å². The maximum atomic E-state index is 11.7. The van der Waals surface area contributed by atoms with Gasteiger partial charge in [0.05, 0.1) is 23.9 Å². The molecule has 0 saturated carbocycles. The van der Waals surface area contributed by atoms with Crippen LogP contribution in [0.25, 0.3) is 32.2 Å². The van der Waals surface area contributed by atoms with Crippen LogP contribution in [0.15, 0.2) is 47.6 Å². The Labute approximate surface area is 145 Å². The maximum absolute atomic E-state index is 11.7. The van der Waals surface area contributed by atoms with Gasteiger partial charge in [-0.1, -0.05) is 29.5 Å². The molecule has 4 rings (SSSR count). The summed E-state index contributed by atoms with van der Waals surface area (Å²) in [6, 6.07) is 12.3. The summed E-state index contributed by atoms with van der Waals surface area (Å²) in [4.78, 5) is 26.3. The Balaban J connectivity index is 2.02. The molecular formula is C18H12N2O4S. The highest BCUT2D eigenvalue weighted by molar-refractivity contribution is 7.21. The molecule has 0 atom stereocenters. The lowest BCUT2D eigenvalue weighted by atomic mass is 10.1. The van der Waals surface area contributed by atoms with E-state index in [0.29, 0.717) is 27.7 Å². The van der Waals surface area contributed by atoms with E-state index in [2.05, 4.69) is 10.2 Å². The molecule has 2 N–H and O–H groups in total. The molecule has 0 unspecified atom stereocenters. The molecule has 7 heteroatoms. The van der Waals surface area contributed by atoms with Gasteiger partial charge in [-0.2, -0.15) is 0 Å². The third-order valence-corrected chi connectivity index (χ3v) is 5.08. The molecule has 0 bridgehead atoms. The topological polar surface area (TPSA) is 91.8 Å². The minimum absolute atomic E-state index is 0.103. The molecular weight excluding hydrogens is 340 g/mol. The number of methoxy groups -OCH3 is 1. The number of hydrogen-bond acceptors (Lipinski definition) is 6. The predicted octanol–water partition coefficient (Wildman–Crippen LogP) is 4.94. The van der Waals surface area contributed by atoms with Crippen molar-refractivity contribution in [1.29, 1.82) is 0 Å². The van der Waals surface area contributed by atoms with Crippen LogP contribution in [0.3, 0.4) is 0 Å². The summed E-state index contributed by atoms with van der Waals surface area (Å²) < 4.78 is 5.62. The van der Waals surface area contributed by atoms with E-state index in [1.54, 1.807) is 18.2 Å². The predicted molar refractivity (Wildman–Crippen MR) is 97.6 cm³/mol. The number of esters is 1. The van der Waals surface area contributed by atoms with Crippen LogP contribution in [-0.2, 0) is 4.74 Å². The number of benzene rings is 2. The highest BCUT2D eigenvalue weighted by atomic mass is 32.1. The number of carbonyl (C=O) groups excluding carboxylic acids is 1. The van der Waals surface area contributed by atoms with Crippen LogP contribution in [0.4, 0.5) is 5.69 Å². The van der Waals surface area contributed by atoms with E-state index in [1.807, 2.05) is 24.3 Å². The van der Waals surface area contributed by atoms with Gasteiger partial charge in [-0.15, -0.1) is 4.91 Å². The van der Waals surface area contributed by atoms with Gasteiger partial charge in [-0.25, -0.2) is 4.79 Å². The second-order valence-electron chi connectivity index (χ2n) is 5.47. The molecule has 2 aromatic heterocycles. The van der Waals surface area contributed by atoms with Gasteiger partial charge in [0.25, 0.3) is 0 Å². The summed E-state index contributed by atoms with van der Waals surface area (Å²) in [5.74, 6) is -0.470. The van der Waals surface area contributed by atoms with Gasteiger partial charge >= 0.3 is 5.97 Å². The zero-order chi connectivity index (χ0) is 17.6. The normalized spacial score (nSPS) is 11.1. The molecule has 0 spiro atoms. The van der Waals surface area contributed by atoms with Crippen LogP contribution >= 0.6 is 11.3 Å². The van der Waals surface area contributed by atoms with Crippen molar-refractivity contribution in [1.82, 2.24) is 4.98 Å². The Bertz CT molecular complexity index is 1140. The molecule has 4 aromatic rings. The summed E-state index contributed by atoms with van der Waals surface area (Å²) in [5, 5.41) is 15.1. The molecule has 0 fully saturated rings. The molecule has 0 saturated heterocycles. The van der Waals surface area contributed by atoms with Crippen molar-refractivity contribution in [2.75, 3.05) is 7.11 Å². The van der Waals surface area contributed by atoms with Gasteiger partial charge in [0.1, 0.15) is 5.69 Å². The zero-order valence-corrected chi connectivity index (χ0v) is 13.9. The lowest BCUT2D eigenvalue weighted by molar-refractivity contribution is 0.0601. The number of H-pyrrole nitrogens is 1. The summed E-state index contributed by atoms with van der Waals surface area (Å²) in [7, 11) is 1.31. The number of carbonyl (C=O) groups is 1. The van der Waals surface area contributed by atoms with Crippen molar-refractivity contribution in [3.05, 3.63) is 52.9 Å². The van der Waals surface area contributed by atoms with Crippen LogP contribution in [0.2, 0.25) is 0 Å². The monoisotopic (exact) mass is 352 g/mol. The van der Waals surface area contributed by atoms with Gasteiger partial charge in [0.2, 0.25) is 0 Å². The van der Waals surface area contributed by atoms with E-state index in [0.717, 1.165) is 10.1 Å². The van der Waals surface area contributed by atoms with E-state index < -0.39 is 5.97 Å². The van der Waals surface area contributed by atoms with E-state index in [1.165, 1.54) is 18.4 Å². The minimum atomic E-state index is -0.470. The average molecular weight is 352 g/mol. The van der Waals surface area contributed by atoms with Crippen LogP contribution in [0.5, 0.6) is 5.06 Å². The Morgan fingerprint density at radius 1 is 1.20 bits per heavy atom. The lowest BCUT2D eigenvalue weighted by Crippen LogP contribution is -2.00. The van der Waals surface area contributed by atoms with Crippen LogP contribution in [-0.4, -0.2) is 23.2 Å². The number of thiophene rings is 1. The second-order valence-corrected chi connectivity index (χ2v) is 6.50. The molecule has 2 aromatic carbocycles. The lowest BCUT2D eigenvalue weighted by Gasteiger charge is -1.98. The summed E-state index contributed by atoms with van der Waals surface area (Å²) >= 11 is 1.23. The average Bonchev–Trinajstić information content (AvgIpc) is 3.15. The number of nitroso groups, excluding NO2 is 1. The van der Waals surface area contributed by atoms with Crippen molar-refractivity contribution < 1.29 is 14.6 Å². The Morgan fingerprint density at radius 2 is 2.00 bits per heavy atom. The highest BCUT2D eigenvalue weighted by Gasteiger charge is 2.22. The van der Waals surface area contributed by atoms with Crippen LogP contribution in [0.1, 0.15) is 10.4 Å². The fourth-order valence-corrected chi connectivity index (χ4v) is 3.93. The van der Waals surface area contributed by atoms with E-state index in [9.17, 15) is 14.8 Å². The molecule has 25 heavy (non-hydrogen) atoms. The molecule has 0 amide bonds. The third kappa shape index (κ3) is 2.28. The Kier molecular flexibility index (Phi) is 3.51. The van der Waals surface area contributed by atoms with Crippen molar-refractivity contribution in [2.24, 2.45) is 5.18 Å². The molecule has 0 aliphatic rings. The van der Waals surface area contributed by atoms with Gasteiger partial charge < -0.3 is 14.8 Å². The fraction of sp³-hybridized carbons (Fsp3) is 0.0556. The van der Waals surface area contributed by atoms with Gasteiger partial charge in [-0.05, 0) is 29.4 Å². The number of fused-ring (bicyclic) bond motifs is 2. The maximum Gasteiger partial charge on any atom is 0.337 e. The molecule has 0 aliphatic heterocycles. The first-order chi connectivity index (χ1) is 12.1. The number of aromatic amines is 1. The number of nitrogens with one attached hydrogen (secondary N) is 1. The first-order valence-electron chi connectivity index (χ1n) is 7.42. The summed E-state index contributed by atoms with van der Waals surface area (Å²) in [5.41, 5.74) is 2.10. The zero-order valence-electron chi connectivity index (χ0n) is 13.1. The second kappa shape index (κ2) is 5.71. The largest absolute Gasteiger partial charge is 0.499 e. The van der Waals surface area contributed by atoms with Gasteiger partial charge in [0, 0.05) is 21.0 Å². The van der Waals surface area contributed by atoms with Crippen molar-refractivity contribution in [2.45, 2.75) is 0 Å². The SMILES string of the molecule is COC(=O)c1ccc2c(N=O)c(-c3c(O)sc4ccccc34)[nH]c2c1. The van der Waals surface area contributed by atoms with Crippen molar-refractivity contribution in [3.8, 4) is 16.3 Å². The Hall–Kier alpha value is -3.19. The number of hydrogen-bond donors (Lipinski definition) is 2. The Morgan fingerprint density at radius 3 is 2.76 bits per heavy atom. The highest BCUT2D eigenvalue weighted by Crippen LogP contribution is 2.48. The summed E-state index contributed by atoms with van der Waals surface area (Å²) in [6.45, 7) is 0. The van der Waals surface area contributed by atoms with E-state index in [-0.39, 0.29) is 10.8 Å². The number of ether oxygens (including phenoxy) is 1. The molecule has 0 radical (unpaired) electrons. The first-order valence-corrected chi connectivity index (χ1v) is 8.24. The number of aromatic nitrogens is 1. The van der Waals surface area contributed by atoms with E-state index >= 15 is 0 Å². The molecule has 6 nitrogen and oxygen atoms in total. The number of rotatable bonds is 3. The van der Waals surface area contributed by atoms with Crippen LogP contribution < -0.4 is 0 Å². The standard InChI is InChI=1S/C18H12N2O4S/c1-24-17(21)9-6-7-10-12(8-9)19-16(15(10)20-23)14-11-4-2-3-5-13(11)25-18(14)22/h2-8,19,22H,1H3. The molecule has 2 heterocycles. The smallest absolute Gasteiger partial charge is 0.337 e. The fourth-order valence-electron chi connectivity index (χ4n) is 2.98. The third-order valence-electron chi connectivity index (χ3n) is 4.11. The first kappa shape index (κ1) is 15.3. The van der Waals surface area contributed by atoms with Crippen LogP contribution in [0, 0.1) is 4.91 Å². The minimum Gasteiger partial charge on any atom is -0.499 e. The van der Waals surface area contributed by atoms with Gasteiger partial charge in [-0.3, -0.25) is 0 Å². The quantitative estimate of drug-likeness (QED) is 0.403.